The summed E-state index contributed by atoms with van der Waals surface area (Å²) >= 11 is 5.75. The third-order valence-corrected chi connectivity index (χ3v) is 5.75. The van der Waals surface area contributed by atoms with Gasteiger partial charge in [-0.2, -0.15) is 0 Å². The number of nitrogens with zero attached hydrogens (tertiary/aromatic N) is 2. The van der Waals surface area contributed by atoms with Crippen LogP contribution >= 0.6 is 11.6 Å². The number of benzene rings is 1. The van der Waals surface area contributed by atoms with Crippen LogP contribution in [0.25, 0.3) is 0 Å². The quantitative estimate of drug-likeness (QED) is 0.687. The molecular formula is C17H11ClF2N2O2S. The molecule has 0 saturated heterocycles. The maximum atomic E-state index is 14.3. The summed E-state index contributed by atoms with van der Waals surface area (Å²) in [5, 5.41) is -1.50. The fourth-order valence-corrected chi connectivity index (χ4v) is 4.27. The first-order valence-electron chi connectivity index (χ1n) is 7.10. The first-order chi connectivity index (χ1) is 11.9. The zero-order valence-corrected chi connectivity index (χ0v) is 14.2. The lowest BCUT2D eigenvalue weighted by atomic mass is 10.0. The summed E-state index contributed by atoms with van der Waals surface area (Å²) in [5.74, 6) is -1.57. The fraction of sp³-hybridized carbons (Fsp3) is 0.0588. The molecule has 0 spiro atoms. The Morgan fingerprint density at radius 1 is 1.00 bits per heavy atom. The molecule has 3 rings (SSSR count). The summed E-state index contributed by atoms with van der Waals surface area (Å²) in [7, 11) is -4.17. The van der Waals surface area contributed by atoms with Gasteiger partial charge in [0.2, 0.25) is 9.84 Å². The first-order valence-corrected chi connectivity index (χ1v) is 9.02. The maximum Gasteiger partial charge on any atom is 0.206 e. The average molecular weight is 381 g/mol. The average Bonchev–Trinajstić information content (AvgIpc) is 2.59. The molecule has 0 amide bonds. The van der Waals surface area contributed by atoms with E-state index in [2.05, 4.69) is 9.97 Å². The molecule has 0 aliphatic rings. The Balaban J connectivity index is 2.25. The summed E-state index contributed by atoms with van der Waals surface area (Å²) in [6.07, 6.45) is 3.94. The molecule has 2 heterocycles. The molecule has 25 heavy (non-hydrogen) atoms. The van der Waals surface area contributed by atoms with Crippen LogP contribution in [0.15, 0.2) is 66.1 Å². The van der Waals surface area contributed by atoms with Gasteiger partial charge in [0, 0.05) is 24.2 Å². The molecule has 1 atom stereocenters. The van der Waals surface area contributed by atoms with Crippen LogP contribution in [0.1, 0.15) is 16.4 Å². The summed E-state index contributed by atoms with van der Waals surface area (Å²) < 4.78 is 54.2. The number of halogens is 3. The largest absolute Gasteiger partial charge is 0.265 e. The fourth-order valence-electron chi connectivity index (χ4n) is 2.43. The van der Waals surface area contributed by atoms with Gasteiger partial charge < -0.3 is 0 Å². The van der Waals surface area contributed by atoms with Crippen molar-refractivity contribution in [3.05, 3.63) is 88.8 Å². The van der Waals surface area contributed by atoms with E-state index in [1.807, 2.05) is 0 Å². The van der Waals surface area contributed by atoms with Crippen molar-refractivity contribution in [2.45, 2.75) is 10.3 Å². The zero-order valence-electron chi connectivity index (χ0n) is 12.6. The van der Waals surface area contributed by atoms with Gasteiger partial charge in [0.05, 0.1) is 5.02 Å². The van der Waals surface area contributed by atoms with Gasteiger partial charge in [-0.25, -0.2) is 22.2 Å². The van der Waals surface area contributed by atoms with Gasteiger partial charge in [0.25, 0.3) is 0 Å². The molecule has 1 aromatic carbocycles. The number of rotatable bonds is 4. The van der Waals surface area contributed by atoms with Crippen molar-refractivity contribution in [2.75, 3.05) is 0 Å². The Morgan fingerprint density at radius 2 is 1.72 bits per heavy atom. The van der Waals surface area contributed by atoms with Gasteiger partial charge in [-0.3, -0.25) is 4.98 Å². The summed E-state index contributed by atoms with van der Waals surface area (Å²) in [5.41, 5.74) is -0.0563. The number of pyridine rings is 2. The Hall–Kier alpha value is -2.38. The van der Waals surface area contributed by atoms with E-state index in [-0.39, 0.29) is 21.2 Å². The molecule has 0 fully saturated rings. The van der Waals surface area contributed by atoms with Gasteiger partial charge in [0.15, 0.2) is 5.03 Å². The van der Waals surface area contributed by atoms with Crippen molar-refractivity contribution in [3.8, 4) is 0 Å². The van der Waals surface area contributed by atoms with Gasteiger partial charge in [0.1, 0.15) is 16.9 Å². The van der Waals surface area contributed by atoms with Crippen molar-refractivity contribution in [1.82, 2.24) is 9.97 Å². The Kier molecular flexibility index (Phi) is 4.78. The van der Waals surface area contributed by atoms with Crippen molar-refractivity contribution in [3.63, 3.8) is 0 Å². The Morgan fingerprint density at radius 3 is 2.36 bits per heavy atom. The predicted octanol–water partition coefficient (Wildman–Crippen LogP) is 3.97. The van der Waals surface area contributed by atoms with E-state index < -0.39 is 26.7 Å². The van der Waals surface area contributed by atoms with Crippen LogP contribution in [0.2, 0.25) is 5.02 Å². The van der Waals surface area contributed by atoms with Gasteiger partial charge >= 0.3 is 0 Å². The van der Waals surface area contributed by atoms with E-state index in [0.29, 0.717) is 0 Å². The molecule has 2 aromatic heterocycles. The molecule has 1 unspecified atom stereocenters. The molecule has 128 valence electrons. The van der Waals surface area contributed by atoms with Crippen LogP contribution in [-0.4, -0.2) is 18.4 Å². The number of hydrogen-bond donors (Lipinski definition) is 0. The standard InChI is InChI=1S/C17H11ClF2N2O2S/c18-12-1-4-16(22-10-12)25(23,24)17(11-5-7-21-8-6-11)14-9-13(19)2-3-15(14)20/h1-10,17H. The first kappa shape index (κ1) is 17.4. The van der Waals surface area contributed by atoms with Crippen molar-refractivity contribution in [2.24, 2.45) is 0 Å². The van der Waals surface area contributed by atoms with Crippen molar-refractivity contribution < 1.29 is 17.2 Å². The molecule has 0 N–H and O–H groups in total. The predicted molar refractivity (Wildman–Crippen MR) is 88.9 cm³/mol. The minimum absolute atomic E-state index is 0.247. The lowest BCUT2D eigenvalue weighted by Gasteiger charge is -2.19. The number of sulfone groups is 1. The van der Waals surface area contributed by atoms with Crippen LogP contribution < -0.4 is 0 Å². The van der Waals surface area contributed by atoms with Gasteiger partial charge in [-0.1, -0.05) is 11.6 Å². The SMILES string of the molecule is O=S(=O)(c1ccc(Cl)cn1)C(c1ccncc1)c1cc(F)ccc1F. The molecule has 0 aliphatic heterocycles. The van der Waals surface area contributed by atoms with E-state index in [0.717, 1.165) is 18.2 Å². The Labute approximate surface area is 148 Å². The molecule has 3 aromatic rings. The monoisotopic (exact) mass is 380 g/mol. The highest BCUT2D eigenvalue weighted by molar-refractivity contribution is 7.91. The van der Waals surface area contributed by atoms with Crippen LogP contribution in [0.5, 0.6) is 0 Å². The molecule has 4 nitrogen and oxygen atoms in total. The summed E-state index contributed by atoms with van der Waals surface area (Å²) in [6, 6.07) is 8.15. The second kappa shape index (κ2) is 6.85. The van der Waals surface area contributed by atoms with E-state index in [1.54, 1.807) is 0 Å². The van der Waals surface area contributed by atoms with Crippen molar-refractivity contribution in [1.29, 1.82) is 0 Å². The van der Waals surface area contributed by atoms with E-state index in [9.17, 15) is 17.2 Å². The van der Waals surface area contributed by atoms with Gasteiger partial charge in [-0.15, -0.1) is 0 Å². The van der Waals surface area contributed by atoms with Crippen LogP contribution in [0.4, 0.5) is 8.78 Å². The second-order valence-electron chi connectivity index (χ2n) is 5.19. The van der Waals surface area contributed by atoms with E-state index >= 15 is 0 Å². The molecule has 0 saturated carbocycles. The normalized spacial score (nSPS) is 12.8. The maximum absolute atomic E-state index is 14.3. The molecule has 0 bridgehead atoms. The second-order valence-corrected chi connectivity index (χ2v) is 7.60. The number of hydrogen-bond acceptors (Lipinski definition) is 4. The lowest BCUT2D eigenvalue weighted by Crippen LogP contribution is -2.18. The van der Waals surface area contributed by atoms with E-state index in [4.69, 9.17) is 11.6 Å². The van der Waals surface area contributed by atoms with Crippen LogP contribution in [0, 0.1) is 11.6 Å². The smallest absolute Gasteiger partial charge is 0.206 e. The highest BCUT2D eigenvalue weighted by Gasteiger charge is 2.34. The van der Waals surface area contributed by atoms with Crippen LogP contribution in [0.3, 0.4) is 0 Å². The minimum atomic E-state index is -4.17. The minimum Gasteiger partial charge on any atom is -0.265 e. The molecule has 0 aliphatic carbocycles. The molecule has 0 radical (unpaired) electrons. The molecule has 8 heteroatoms. The van der Waals surface area contributed by atoms with Crippen LogP contribution in [-0.2, 0) is 9.84 Å². The topological polar surface area (TPSA) is 59.9 Å². The van der Waals surface area contributed by atoms with E-state index in [1.165, 1.54) is 42.9 Å². The van der Waals surface area contributed by atoms with Gasteiger partial charge in [-0.05, 0) is 48.0 Å². The number of aromatic nitrogens is 2. The highest BCUT2D eigenvalue weighted by Crippen LogP contribution is 2.36. The lowest BCUT2D eigenvalue weighted by molar-refractivity contribution is 0.567. The zero-order chi connectivity index (χ0) is 18.0. The third kappa shape index (κ3) is 3.52. The Bertz CT molecular complexity index is 997. The third-order valence-electron chi connectivity index (χ3n) is 3.55. The summed E-state index contributed by atoms with van der Waals surface area (Å²) in [4.78, 5) is 7.65. The van der Waals surface area contributed by atoms with Crippen molar-refractivity contribution >= 4 is 21.4 Å². The highest BCUT2D eigenvalue weighted by atomic mass is 35.5. The summed E-state index contributed by atoms with van der Waals surface area (Å²) in [6.45, 7) is 0. The molecular weight excluding hydrogens is 370 g/mol.